The van der Waals surface area contributed by atoms with E-state index in [-0.39, 0.29) is 67.6 Å². The molecule has 0 amide bonds. The zero-order chi connectivity index (χ0) is 53.9. The Morgan fingerprint density at radius 3 is 1.22 bits per heavy atom. The fraction of sp³-hybridized carbons (Fsp3) is 0.486. The Morgan fingerprint density at radius 1 is 0.405 bits per heavy atom. The summed E-state index contributed by atoms with van der Waals surface area (Å²) in [7, 11) is 0. The van der Waals surface area contributed by atoms with E-state index in [1.165, 1.54) is 104 Å². The molecule has 0 atom stereocenters. The van der Waals surface area contributed by atoms with Crippen molar-refractivity contribution in [1.29, 1.82) is 0 Å². The van der Waals surface area contributed by atoms with E-state index in [9.17, 15) is 0 Å². The van der Waals surface area contributed by atoms with Crippen LogP contribution in [-0.2, 0) is 43.3 Å². The molecule has 382 valence electrons. The second-order valence-electron chi connectivity index (χ2n) is 31.6. The molecule has 0 saturated heterocycles. The average Bonchev–Trinajstić information content (AvgIpc) is 3.88. The van der Waals surface area contributed by atoms with Crippen LogP contribution < -0.4 is 32.8 Å². The van der Waals surface area contributed by atoms with Crippen molar-refractivity contribution in [3.8, 4) is 5.69 Å². The molecule has 12 rings (SSSR count). The van der Waals surface area contributed by atoms with E-state index in [1.54, 1.807) is 11.1 Å². The summed E-state index contributed by atoms with van der Waals surface area (Å²) in [4.78, 5) is 0. The molecule has 4 heterocycles. The SMILES string of the molecule is CC(C)(C)c1cc(B2c3cc4oc5ccccc5c4c4c3-n3c5c2c2c(cc5c5cc6c(c(c53)B4c3cc(C(C)(C)C)cc(C(C)(C)C)c3)C(C)(C)C(C)(C)C6(C)C)C(C)(C)C(C)(C)C2(C)C)cc(C(C)(C)C)c1. The zero-order valence-corrected chi connectivity index (χ0v) is 50.0. The number of rotatable bonds is 2. The Hall–Kier alpha value is -4.95. The summed E-state index contributed by atoms with van der Waals surface area (Å²) < 4.78 is 10.3. The highest BCUT2D eigenvalue weighted by Crippen LogP contribution is 2.64. The van der Waals surface area contributed by atoms with Crippen molar-refractivity contribution >= 4 is 89.9 Å². The summed E-state index contributed by atoms with van der Waals surface area (Å²) in [6, 6.07) is 32.5. The predicted octanol–water partition coefficient (Wildman–Crippen LogP) is 14.7. The normalized spacial score (nSPS) is 19.7. The Bertz CT molecular complexity index is 3740. The summed E-state index contributed by atoms with van der Waals surface area (Å²) in [5.41, 5.74) is 25.5. The molecule has 0 saturated carbocycles. The van der Waals surface area contributed by atoms with Crippen LogP contribution in [0, 0.1) is 10.8 Å². The Balaban J connectivity index is 1.42. The van der Waals surface area contributed by atoms with Gasteiger partial charge in [0.15, 0.2) is 0 Å². The van der Waals surface area contributed by atoms with Gasteiger partial charge in [0.2, 0.25) is 13.4 Å². The van der Waals surface area contributed by atoms with Gasteiger partial charge in [-0.1, -0.05) is 232 Å². The lowest BCUT2D eigenvalue weighted by Gasteiger charge is -2.45. The minimum atomic E-state index is -0.169. The van der Waals surface area contributed by atoms with Gasteiger partial charge in [0.1, 0.15) is 11.2 Å². The van der Waals surface area contributed by atoms with Gasteiger partial charge in [0.25, 0.3) is 0 Å². The van der Waals surface area contributed by atoms with Gasteiger partial charge in [-0.15, -0.1) is 0 Å². The number of hydrogen-bond donors (Lipinski definition) is 0. The highest BCUT2D eigenvalue weighted by Gasteiger charge is 2.62. The van der Waals surface area contributed by atoms with Crippen LogP contribution in [-0.4, -0.2) is 18.0 Å². The van der Waals surface area contributed by atoms with E-state index in [4.69, 9.17) is 4.42 Å². The molecule has 2 aliphatic carbocycles. The second kappa shape index (κ2) is 14.1. The summed E-state index contributed by atoms with van der Waals surface area (Å²) in [5.74, 6) is 0. The number of furan rings is 1. The Morgan fingerprint density at radius 2 is 0.797 bits per heavy atom. The van der Waals surface area contributed by atoms with Gasteiger partial charge >= 0.3 is 0 Å². The van der Waals surface area contributed by atoms with Crippen LogP contribution in [0.15, 0.2) is 83.3 Å². The van der Waals surface area contributed by atoms with Gasteiger partial charge in [-0.2, -0.15) is 0 Å². The third kappa shape index (κ3) is 5.93. The van der Waals surface area contributed by atoms with Crippen molar-refractivity contribution in [3.63, 3.8) is 0 Å². The van der Waals surface area contributed by atoms with Gasteiger partial charge in [0.05, 0.1) is 0 Å². The number of fused-ring (bicyclic) bond motifs is 9. The van der Waals surface area contributed by atoms with Crippen molar-refractivity contribution in [3.05, 3.63) is 123 Å². The fourth-order valence-corrected chi connectivity index (χ4v) is 15.4. The first-order valence-electron chi connectivity index (χ1n) is 28.3. The third-order valence-electron chi connectivity index (χ3n) is 22.4. The van der Waals surface area contributed by atoms with Gasteiger partial charge in [-0.3, -0.25) is 0 Å². The highest BCUT2D eigenvalue weighted by molar-refractivity contribution is 7.03. The molecule has 74 heavy (non-hydrogen) atoms. The topological polar surface area (TPSA) is 18.1 Å². The first-order chi connectivity index (χ1) is 33.8. The van der Waals surface area contributed by atoms with Crippen LogP contribution in [0.25, 0.3) is 49.4 Å². The number of para-hydroxylation sites is 1. The molecule has 6 aromatic carbocycles. The monoisotopic (exact) mass is 978 g/mol. The Kier molecular flexibility index (Phi) is 9.54. The van der Waals surface area contributed by atoms with Crippen LogP contribution in [0.3, 0.4) is 0 Å². The largest absolute Gasteiger partial charge is 0.456 e. The molecule has 4 heteroatoms. The number of aromatic nitrogens is 1. The van der Waals surface area contributed by atoms with E-state index in [1.807, 2.05) is 0 Å². The van der Waals surface area contributed by atoms with Gasteiger partial charge in [-0.25, -0.2) is 0 Å². The average molecular weight is 978 g/mol. The molecule has 0 radical (unpaired) electrons. The van der Waals surface area contributed by atoms with Crippen molar-refractivity contribution < 1.29 is 4.42 Å². The van der Waals surface area contributed by atoms with Crippen LogP contribution >= 0.6 is 0 Å². The van der Waals surface area contributed by atoms with E-state index >= 15 is 0 Å². The number of nitrogens with zero attached hydrogens (tertiary/aromatic N) is 1. The van der Waals surface area contributed by atoms with E-state index in [0.29, 0.717) is 0 Å². The molecule has 2 aliphatic heterocycles. The number of benzene rings is 6. The molecule has 0 bridgehead atoms. The maximum absolute atomic E-state index is 7.37. The van der Waals surface area contributed by atoms with E-state index in [2.05, 4.69) is 250 Å². The lowest BCUT2D eigenvalue weighted by Crippen LogP contribution is -2.65. The standard InChI is InChI=1S/C70H85B2NO/c1-61(2,3)38-29-39(62(4,5)6)32-42(31-38)71-49-37-51-52(44-27-25-26-28-50(44)74-51)55-60(49)73-58-45(35-47-53(56(58)71)67(17,18)69(21,22)65(47,13)14)46-36-48-54(68(19,20)70(23,24)66(48,15)16)57(59(46)73)72(55)43-33-40(63(7,8)9)30-41(34-43)64(10,11)12/h25-37H,1-24H3. The maximum Gasteiger partial charge on any atom is 0.248 e. The van der Waals surface area contributed by atoms with Crippen molar-refractivity contribution in [2.75, 3.05) is 0 Å². The first-order valence-corrected chi connectivity index (χ1v) is 28.3. The Labute approximate surface area is 446 Å². The van der Waals surface area contributed by atoms with Crippen molar-refractivity contribution in [2.24, 2.45) is 10.8 Å². The highest BCUT2D eigenvalue weighted by atomic mass is 16.3. The van der Waals surface area contributed by atoms with Gasteiger partial charge in [-0.05, 0) is 145 Å². The fourth-order valence-electron chi connectivity index (χ4n) is 15.4. The summed E-state index contributed by atoms with van der Waals surface area (Å²) in [6.07, 6.45) is 0. The molecule has 0 N–H and O–H groups in total. The summed E-state index contributed by atoms with van der Waals surface area (Å²) in [6.45, 7) is 59.5. The lowest BCUT2D eigenvalue weighted by atomic mass is 9.29. The molecule has 8 aromatic rings. The smallest absolute Gasteiger partial charge is 0.248 e. The minimum absolute atomic E-state index is 0.0474. The molecule has 0 fully saturated rings. The third-order valence-corrected chi connectivity index (χ3v) is 22.4. The van der Waals surface area contributed by atoms with Gasteiger partial charge < -0.3 is 8.98 Å². The molecule has 2 nitrogen and oxygen atoms in total. The number of hydrogen-bond acceptors (Lipinski definition) is 1. The molecule has 0 unspecified atom stereocenters. The van der Waals surface area contributed by atoms with Gasteiger partial charge in [0, 0.05) is 38.3 Å². The van der Waals surface area contributed by atoms with E-state index in [0.717, 1.165) is 11.2 Å². The molecule has 2 aromatic heterocycles. The quantitative estimate of drug-likeness (QED) is 0.158. The van der Waals surface area contributed by atoms with Crippen molar-refractivity contribution in [1.82, 2.24) is 4.57 Å². The van der Waals surface area contributed by atoms with Crippen LogP contribution in [0.2, 0.25) is 0 Å². The first kappa shape index (κ1) is 49.9. The maximum atomic E-state index is 7.37. The van der Waals surface area contributed by atoms with Crippen LogP contribution in [0.4, 0.5) is 0 Å². The lowest BCUT2D eigenvalue weighted by molar-refractivity contribution is 0.125. The summed E-state index contributed by atoms with van der Waals surface area (Å²) >= 11 is 0. The molecule has 4 aliphatic rings. The summed E-state index contributed by atoms with van der Waals surface area (Å²) in [5, 5.41) is 5.30. The zero-order valence-electron chi connectivity index (χ0n) is 50.0. The van der Waals surface area contributed by atoms with Crippen LogP contribution in [0.1, 0.15) is 211 Å². The molecular weight excluding hydrogens is 892 g/mol. The second-order valence-corrected chi connectivity index (χ2v) is 31.6. The molecule has 0 spiro atoms. The predicted molar refractivity (Wildman–Crippen MR) is 325 cm³/mol. The molecular formula is C70H85B2NO. The minimum Gasteiger partial charge on any atom is -0.456 e. The van der Waals surface area contributed by atoms with Crippen molar-refractivity contribution in [2.45, 2.75) is 209 Å². The van der Waals surface area contributed by atoms with Crippen LogP contribution in [0.5, 0.6) is 0 Å². The van der Waals surface area contributed by atoms with E-state index < -0.39 is 0 Å².